The number of nitrogens with zero attached hydrogens (tertiary/aromatic N) is 2. The number of aryl methyl sites for hydroxylation is 1. The molecule has 0 aliphatic rings. The van der Waals surface area contributed by atoms with Crippen molar-refractivity contribution in [2.45, 2.75) is 6.92 Å². The summed E-state index contributed by atoms with van der Waals surface area (Å²) in [5, 5.41) is 9.42. The Morgan fingerprint density at radius 2 is 2.28 bits per heavy atom. The smallest absolute Gasteiger partial charge is 0.295 e. The highest BCUT2D eigenvalue weighted by Crippen LogP contribution is 2.27. The van der Waals surface area contributed by atoms with Crippen LogP contribution >= 0.6 is 11.6 Å². The molecular weight excluding hydrogens is 256 g/mol. The number of rotatable bonds is 3. The summed E-state index contributed by atoms with van der Waals surface area (Å²) >= 11 is 5.95. The molecule has 0 aliphatic heterocycles. The van der Waals surface area contributed by atoms with Gasteiger partial charge >= 0.3 is 0 Å². The van der Waals surface area contributed by atoms with Gasteiger partial charge in [-0.05, 0) is 25.1 Å². The number of benzene rings is 1. The first-order valence-electron chi connectivity index (χ1n) is 5.14. The fourth-order valence-electron chi connectivity index (χ4n) is 1.38. The second-order valence-corrected chi connectivity index (χ2v) is 3.96. The number of amides is 1. The fraction of sp³-hybridized carbons (Fsp3) is 0.182. The zero-order valence-electron chi connectivity index (χ0n) is 9.82. The van der Waals surface area contributed by atoms with E-state index < -0.39 is 5.91 Å². The second-order valence-electron chi connectivity index (χ2n) is 3.55. The minimum atomic E-state index is -0.402. The number of ether oxygens (including phenoxy) is 1. The van der Waals surface area contributed by atoms with Crippen LogP contribution in [0.2, 0.25) is 5.02 Å². The maximum Gasteiger partial charge on any atom is 0.295 e. The molecule has 0 atom stereocenters. The molecule has 0 unspecified atom stereocenters. The summed E-state index contributed by atoms with van der Waals surface area (Å²) in [6.45, 7) is 1.72. The van der Waals surface area contributed by atoms with E-state index in [0.717, 1.165) is 0 Å². The predicted molar refractivity (Wildman–Crippen MR) is 67.1 cm³/mol. The quantitative estimate of drug-likeness (QED) is 0.891. The van der Waals surface area contributed by atoms with Crippen LogP contribution in [0.5, 0.6) is 5.75 Å². The van der Waals surface area contributed by atoms with Crippen molar-refractivity contribution in [3.8, 4) is 5.75 Å². The molecule has 6 nitrogen and oxygen atoms in total. The lowest BCUT2D eigenvalue weighted by Gasteiger charge is -2.06. The third kappa shape index (κ3) is 2.60. The largest absolute Gasteiger partial charge is 0.495 e. The SMILES string of the molecule is COc1ccc(NC(=O)c2n[nH]c(C)n2)cc1Cl. The lowest BCUT2D eigenvalue weighted by atomic mass is 10.3. The van der Waals surface area contributed by atoms with Crippen molar-refractivity contribution in [2.75, 3.05) is 12.4 Å². The summed E-state index contributed by atoms with van der Waals surface area (Å²) in [6.07, 6.45) is 0. The van der Waals surface area contributed by atoms with Crippen molar-refractivity contribution < 1.29 is 9.53 Å². The van der Waals surface area contributed by atoms with Crippen LogP contribution in [0, 0.1) is 6.92 Å². The van der Waals surface area contributed by atoms with Crippen molar-refractivity contribution >= 4 is 23.2 Å². The van der Waals surface area contributed by atoms with Crippen LogP contribution in [0.15, 0.2) is 18.2 Å². The van der Waals surface area contributed by atoms with Crippen LogP contribution in [0.4, 0.5) is 5.69 Å². The van der Waals surface area contributed by atoms with Crippen molar-refractivity contribution in [3.05, 3.63) is 34.9 Å². The van der Waals surface area contributed by atoms with E-state index in [-0.39, 0.29) is 5.82 Å². The highest BCUT2D eigenvalue weighted by atomic mass is 35.5. The van der Waals surface area contributed by atoms with Gasteiger partial charge in [0.1, 0.15) is 11.6 Å². The Kier molecular flexibility index (Phi) is 3.47. The van der Waals surface area contributed by atoms with E-state index in [2.05, 4.69) is 20.5 Å². The molecule has 0 aliphatic carbocycles. The number of carbonyl (C=O) groups is 1. The van der Waals surface area contributed by atoms with Gasteiger partial charge in [0.25, 0.3) is 5.91 Å². The molecule has 0 fully saturated rings. The molecule has 0 bridgehead atoms. The zero-order chi connectivity index (χ0) is 13.1. The van der Waals surface area contributed by atoms with E-state index in [4.69, 9.17) is 16.3 Å². The number of hydrogen-bond donors (Lipinski definition) is 2. The van der Waals surface area contributed by atoms with E-state index in [1.54, 1.807) is 25.1 Å². The van der Waals surface area contributed by atoms with Crippen LogP contribution in [-0.2, 0) is 0 Å². The third-order valence-electron chi connectivity index (χ3n) is 2.21. The minimum absolute atomic E-state index is 0.0828. The number of H-pyrrole nitrogens is 1. The minimum Gasteiger partial charge on any atom is -0.495 e. The number of aromatic nitrogens is 3. The number of hydrogen-bond acceptors (Lipinski definition) is 4. The van der Waals surface area contributed by atoms with Crippen LogP contribution in [0.1, 0.15) is 16.4 Å². The van der Waals surface area contributed by atoms with Gasteiger partial charge in [-0.25, -0.2) is 4.98 Å². The maximum absolute atomic E-state index is 11.8. The summed E-state index contributed by atoms with van der Waals surface area (Å²) < 4.78 is 5.02. The van der Waals surface area contributed by atoms with Gasteiger partial charge in [0.2, 0.25) is 5.82 Å². The van der Waals surface area contributed by atoms with Crippen LogP contribution in [0.25, 0.3) is 0 Å². The summed E-state index contributed by atoms with van der Waals surface area (Å²) in [6, 6.07) is 4.95. The third-order valence-corrected chi connectivity index (χ3v) is 2.51. The van der Waals surface area contributed by atoms with Crippen molar-refractivity contribution in [1.82, 2.24) is 15.2 Å². The summed E-state index contributed by atoms with van der Waals surface area (Å²) in [5.74, 6) is 0.802. The monoisotopic (exact) mass is 266 g/mol. The molecule has 0 radical (unpaired) electrons. The fourth-order valence-corrected chi connectivity index (χ4v) is 1.63. The molecule has 1 aromatic heterocycles. The van der Waals surface area contributed by atoms with Gasteiger partial charge in [0, 0.05) is 5.69 Å². The maximum atomic E-state index is 11.8. The first-order chi connectivity index (χ1) is 8.60. The molecule has 0 saturated heterocycles. The van der Waals surface area contributed by atoms with Gasteiger partial charge in [-0.15, -0.1) is 5.10 Å². The van der Waals surface area contributed by atoms with Crippen LogP contribution < -0.4 is 10.1 Å². The Morgan fingerprint density at radius 3 is 2.83 bits per heavy atom. The number of halogens is 1. The van der Waals surface area contributed by atoms with Gasteiger partial charge in [-0.1, -0.05) is 11.6 Å². The summed E-state index contributed by atoms with van der Waals surface area (Å²) in [7, 11) is 1.52. The van der Waals surface area contributed by atoms with Crippen molar-refractivity contribution in [3.63, 3.8) is 0 Å². The van der Waals surface area contributed by atoms with Gasteiger partial charge in [-0.2, -0.15) is 0 Å². The summed E-state index contributed by atoms with van der Waals surface area (Å²) in [5.41, 5.74) is 0.549. The number of aromatic amines is 1. The lowest BCUT2D eigenvalue weighted by Crippen LogP contribution is -2.13. The Bertz CT molecular complexity index is 582. The second kappa shape index (κ2) is 5.05. The van der Waals surface area contributed by atoms with Crippen molar-refractivity contribution in [2.24, 2.45) is 0 Å². The van der Waals surface area contributed by atoms with Gasteiger partial charge in [-0.3, -0.25) is 9.89 Å². The number of methoxy groups -OCH3 is 1. The van der Waals surface area contributed by atoms with E-state index in [9.17, 15) is 4.79 Å². The van der Waals surface area contributed by atoms with Crippen molar-refractivity contribution in [1.29, 1.82) is 0 Å². The molecule has 94 valence electrons. The Labute approximate surface area is 108 Å². The van der Waals surface area contributed by atoms with E-state index >= 15 is 0 Å². The molecule has 2 aromatic rings. The van der Waals surface area contributed by atoms with Gasteiger partial charge in [0.15, 0.2) is 0 Å². The molecule has 2 rings (SSSR count). The number of carbonyl (C=O) groups excluding carboxylic acids is 1. The molecule has 0 saturated carbocycles. The highest BCUT2D eigenvalue weighted by Gasteiger charge is 2.12. The summed E-state index contributed by atoms with van der Waals surface area (Å²) in [4.78, 5) is 15.7. The normalized spacial score (nSPS) is 10.2. The van der Waals surface area contributed by atoms with E-state index in [1.165, 1.54) is 7.11 Å². The topological polar surface area (TPSA) is 79.9 Å². The van der Waals surface area contributed by atoms with Crippen LogP contribution in [-0.4, -0.2) is 28.2 Å². The predicted octanol–water partition coefficient (Wildman–Crippen LogP) is 2.03. The molecule has 18 heavy (non-hydrogen) atoms. The standard InChI is InChI=1S/C11H11ClN4O2/c1-6-13-10(16-15-6)11(17)14-7-3-4-9(18-2)8(12)5-7/h3-5H,1-2H3,(H,14,17)(H,13,15,16). The average molecular weight is 267 g/mol. The Balaban J connectivity index is 2.14. The molecular formula is C11H11ClN4O2. The molecule has 1 heterocycles. The van der Waals surface area contributed by atoms with Crippen LogP contribution in [0.3, 0.4) is 0 Å². The molecule has 7 heteroatoms. The molecule has 0 spiro atoms. The first-order valence-corrected chi connectivity index (χ1v) is 5.52. The molecule has 1 aromatic carbocycles. The zero-order valence-corrected chi connectivity index (χ0v) is 10.6. The number of nitrogens with one attached hydrogen (secondary N) is 2. The molecule has 1 amide bonds. The highest BCUT2D eigenvalue weighted by molar-refractivity contribution is 6.32. The van der Waals surface area contributed by atoms with Gasteiger partial charge in [0.05, 0.1) is 12.1 Å². The molecule has 2 N–H and O–H groups in total. The van der Waals surface area contributed by atoms with Gasteiger partial charge < -0.3 is 10.1 Å². The number of anilines is 1. The lowest BCUT2D eigenvalue weighted by molar-refractivity contribution is 0.101. The Hall–Kier alpha value is -2.08. The van der Waals surface area contributed by atoms with E-state index in [0.29, 0.717) is 22.3 Å². The first kappa shape index (κ1) is 12.4. The Morgan fingerprint density at radius 1 is 1.50 bits per heavy atom. The van der Waals surface area contributed by atoms with E-state index in [1.807, 2.05) is 0 Å². The average Bonchev–Trinajstić information content (AvgIpc) is 2.76.